The van der Waals surface area contributed by atoms with E-state index in [0.29, 0.717) is 5.92 Å². The van der Waals surface area contributed by atoms with Crippen molar-refractivity contribution < 1.29 is 4.79 Å². The van der Waals surface area contributed by atoms with Gasteiger partial charge in [0.2, 0.25) is 5.91 Å². The fourth-order valence-corrected chi connectivity index (χ4v) is 2.81. The summed E-state index contributed by atoms with van der Waals surface area (Å²) < 4.78 is 0. The average molecular weight is 235 g/mol. The molecule has 17 heavy (non-hydrogen) atoms. The molecule has 1 amide bonds. The number of rotatable bonds is 4. The van der Waals surface area contributed by atoms with E-state index in [1.54, 1.807) is 0 Å². The molecule has 0 aromatic carbocycles. The van der Waals surface area contributed by atoms with Crippen LogP contribution in [0.4, 0.5) is 0 Å². The third-order valence-corrected chi connectivity index (χ3v) is 3.63. The highest BCUT2D eigenvalue weighted by molar-refractivity contribution is 5.84. The number of nitrogens with one attached hydrogen (secondary N) is 1. The lowest BCUT2D eigenvalue weighted by atomic mass is 9.77. The average Bonchev–Trinajstić information content (AvgIpc) is 2.66. The number of terminal acetylenes is 1. The van der Waals surface area contributed by atoms with E-state index in [4.69, 9.17) is 6.42 Å². The summed E-state index contributed by atoms with van der Waals surface area (Å²) in [7, 11) is 0. The summed E-state index contributed by atoms with van der Waals surface area (Å²) in [6.45, 7) is 8.12. The van der Waals surface area contributed by atoms with Crippen molar-refractivity contribution in [3.05, 3.63) is 0 Å². The summed E-state index contributed by atoms with van der Waals surface area (Å²) in [6.07, 6.45) is 10.8. The van der Waals surface area contributed by atoms with Gasteiger partial charge >= 0.3 is 0 Å². The van der Waals surface area contributed by atoms with Crippen LogP contribution < -0.4 is 5.32 Å². The van der Waals surface area contributed by atoms with Gasteiger partial charge in [-0.1, -0.05) is 32.6 Å². The van der Waals surface area contributed by atoms with Gasteiger partial charge in [-0.05, 0) is 39.0 Å². The zero-order chi connectivity index (χ0) is 13.1. The molecule has 0 bridgehead atoms. The molecule has 1 aliphatic rings. The van der Waals surface area contributed by atoms with Gasteiger partial charge in [0.15, 0.2) is 0 Å². The van der Waals surface area contributed by atoms with Crippen molar-refractivity contribution in [1.82, 2.24) is 5.32 Å². The Morgan fingerprint density at radius 2 is 1.94 bits per heavy atom. The summed E-state index contributed by atoms with van der Waals surface area (Å²) in [6, 6.07) is 0. The molecule has 0 heterocycles. The normalized spacial score (nSPS) is 19.1. The summed E-state index contributed by atoms with van der Waals surface area (Å²) in [5, 5.41) is 3.02. The maximum absolute atomic E-state index is 12.5. The molecule has 2 heteroatoms. The highest BCUT2D eigenvalue weighted by atomic mass is 16.2. The maximum atomic E-state index is 12.5. The minimum atomic E-state index is -0.538. The Bertz CT molecular complexity index is 316. The Hall–Kier alpha value is -0.970. The zero-order valence-corrected chi connectivity index (χ0v) is 11.6. The molecule has 0 aromatic rings. The highest BCUT2D eigenvalue weighted by Crippen LogP contribution is 2.43. The van der Waals surface area contributed by atoms with Crippen LogP contribution in [0.25, 0.3) is 0 Å². The van der Waals surface area contributed by atoms with Crippen molar-refractivity contribution in [1.29, 1.82) is 0 Å². The fourth-order valence-electron chi connectivity index (χ4n) is 2.81. The standard InChI is InChI=1S/C15H25NO/c1-6-14(4,5)16-13(17)15(11-12(2)3)9-7-8-10-15/h1,12H,7-11H2,2-5H3,(H,16,17). The second-order valence-electron chi connectivity index (χ2n) is 6.31. The van der Waals surface area contributed by atoms with Gasteiger partial charge in [-0.2, -0.15) is 0 Å². The third kappa shape index (κ3) is 3.49. The molecule has 0 aliphatic heterocycles. The monoisotopic (exact) mass is 235 g/mol. The van der Waals surface area contributed by atoms with E-state index >= 15 is 0 Å². The lowest BCUT2D eigenvalue weighted by molar-refractivity contribution is -0.132. The minimum Gasteiger partial charge on any atom is -0.340 e. The van der Waals surface area contributed by atoms with E-state index in [1.807, 2.05) is 13.8 Å². The molecule has 1 aliphatic carbocycles. The van der Waals surface area contributed by atoms with E-state index in [1.165, 1.54) is 0 Å². The van der Waals surface area contributed by atoms with Crippen LogP contribution in [0.1, 0.15) is 59.8 Å². The molecule has 0 spiro atoms. The lowest BCUT2D eigenvalue weighted by Crippen LogP contribution is -2.49. The van der Waals surface area contributed by atoms with Crippen molar-refractivity contribution in [3.63, 3.8) is 0 Å². The largest absolute Gasteiger partial charge is 0.340 e. The van der Waals surface area contributed by atoms with Crippen LogP contribution in [-0.4, -0.2) is 11.4 Å². The SMILES string of the molecule is C#CC(C)(C)NC(=O)C1(CC(C)C)CCCC1. The molecule has 0 saturated heterocycles. The highest BCUT2D eigenvalue weighted by Gasteiger charge is 2.42. The predicted molar refractivity (Wildman–Crippen MR) is 71.4 cm³/mol. The molecular formula is C15H25NO. The summed E-state index contributed by atoms with van der Waals surface area (Å²) >= 11 is 0. The van der Waals surface area contributed by atoms with Crippen molar-refractivity contribution in [3.8, 4) is 12.3 Å². The number of amides is 1. The molecule has 0 atom stereocenters. The van der Waals surface area contributed by atoms with Crippen LogP contribution >= 0.6 is 0 Å². The number of hydrogen-bond donors (Lipinski definition) is 1. The van der Waals surface area contributed by atoms with E-state index in [-0.39, 0.29) is 11.3 Å². The van der Waals surface area contributed by atoms with Gasteiger partial charge < -0.3 is 5.32 Å². The molecule has 1 rings (SSSR count). The van der Waals surface area contributed by atoms with E-state index in [0.717, 1.165) is 32.1 Å². The third-order valence-electron chi connectivity index (χ3n) is 3.63. The van der Waals surface area contributed by atoms with E-state index in [2.05, 4.69) is 25.1 Å². The van der Waals surface area contributed by atoms with Gasteiger partial charge in [-0.25, -0.2) is 0 Å². The Labute approximate surface area is 106 Å². The van der Waals surface area contributed by atoms with Crippen LogP contribution in [0, 0.1) is 23.7 Å². The number of carbonyl (C=O) groups excluding carboxylic acids is 1. The molecule has 1 fully saturated rings. The second-order valence-corrected chi connectivity index (χ2v) is 6.31. The molecule has 96 valence electrons. The van der Waals surface area contributed by atoms with Gasteiger partial charge in [0.1, 0.15) is 0 Å². The fraction of sp³-hybridized carbons (Fsp3) is 0.800. The summed E-state index contributed by atoms with van der Waals surface area (Å²) in [5.74, 6) is 3.34. The van der Waals surface area contributed by atoms with Crippen LogP contribution in [0.5, 0.6) is 0 Å². The number of carbonyl (C=O) groups is 1. The van der Waals surface area contributed by atoms with Gasteiger partial charge in [0.05, 0.1) is 5.54 Å². The zero-order valence-electron chi connectivity index (χ0n) is 11.6. The molecular weight excluding hydrogens is 210 g/mol. The molecule has 0 unspecified atom stereocenters. The van der Waals surface area contributed by atoms with Crippen LogP contribution in [0.2, 0.25) is 0 Å². The van der Waals surface area contributed by atoms with Crippen molar-refractivity contribution >= 4 is 5.91 Å². The van der Waals surface area contributed by atoms with Crippen LogP contribution in [-0.2, 0) is 4.79 Å². The maximum Gasteiger partial charge on any atom is 0.227 e. The predicted octanol–water partition coefficient (Wildman–Crippen LogP) is 3.12. The lowest BCUT2D eigenvalue weighted by Gasteiger charge is -2.33. The Morgan fingerprint density at radius 3 is 2.35 bits per heavy atom. The topological polar surface area (TPSA) is 29.1 Å². The summed E-state index contributed by atoms with van der Waals surface area (Å²) in [5.41, 5.74) is -0.702. The van der Waals surface area contributed by atoms with Crippen molar-refractivity contribution in [2.45, 2.75) is 65.3 Å². The smallest absolute Gasteiger partial charge is 0.227 e. The molecule has 2 nitrogen and oxygen atoms in total. The first-order chi connectivity index (χ1) is 7.81. The summed E-state index contributed by atoms with van der Waals surface area (Å²) in [4.78, 5) is 12.5. The van der Waals surface area contributed by atoms with E-state index in [9.17, 15) is 4.79 Å². The molecule has 1 saturated carbocycles. The van der Waals surface area contributed by atoms with E-state index < -0.39 is 5.54 Å². The molecule has 0 aromatic heterocycles. The van der Waals surface area contributed by atoms with Gasteiger partial charge in [-0.15, -0.1) is 6.42 Å². The molecule has 1 N–H and O–H groups in total. The van der Waals surface area contributed by atoms with Crippen LogP contribution in [0.3, 0.4) is 0 Å². The van der Waals surface area contributed by atoms with Gasteiger partial charge in [0, 0.05) is 5.41 Å². The Morgan fingerprint density at radius 1 is 1.41 bits per heavy atom. The first-order valence-corrected chi connectivity index (χ1v) is 6.62. The Balaban J connectivity index is 2.79. The molecule has 0 radical (unpaired) electrons. The van der Waals surface area contributed by atoms with Crippen LogP contribution in [0.15, 0.2) is 0 Å². The first-order valence-electron chi connectivity index (χ1n) is 6.62. The van der Waals surface area contributed by atoms with Crippen molar-refractivity contribution in [2.75, 3.05) is 0 Å². The van der Waals surface area contributed by atoms with Gasteiger partial charge in [-0.3, -0.25) is 4.79 Å². The van der Waals surface area contributed by atoms with Gasteiger partial charge in [0.25, 0.3) is 0 Å². The first kappa shape index (κ1) is 14.1. The van der Waals surface area contributed by atoms with Crippen molar-refractivity contribution in [2.24, 2.45) is 11.3 Å². The minimum absolute atomic E-state index is 0.159. The quantitative estimate of drug-likeness (QED) is 0.745. The second kappa shape index (κ2) is 5.12. The Kier molecular flexibility index (Phi) is 4.25. The number of hydrogen-bond acceptors (Lipinski definition) is 1.